The van der Waals surface area contributed by atoms with Gasteiger partial charge in [-0.05, 0) is 45.7 Å². The number of hydrogen-bond donors (Lipinski definition) is 1. The van der Waals surface area contributed by atoms with Gasteiger partial charge in [-0.3, -0.25) is 4.79 Å². The van der Waals surface area contributed by atoms with Gasteiger partial charge in [0.1, 0.15) is 38.8 Å². The largest absolute Gasteiger partial charge is 0.497 e. The second kappa shape index (κ2) is 11.5. The number of fused-ring (bicyclic) bond motifs is 2. The zero-order valence-corrected chi connectivity index (χ0v) is 27.0. The van der Waals surface area contributed by atoms with Crippen molar-refractivity contribution in [2.75, 3.05) is 7.11 Å². The third-order valence-electron chi connectivity index (χ3n) is 7.75. The van der Waals surface area contributed by atoms with Gasteiger partial charge in [-0.1, -0.05) is 23.5 Å². The summed E-state index contributed by atoms with van der Waals surface area (Å²) in [5.74, 6) is 1.32. The summed E-state index contributed by atoms with van der Waals surface area (Å²) in [6.07, 6.45) is 2.74. The summed E-state index contributed by atoms with van der Waals surface area (Å²) in [5, 5.41) is 19.1. The van der Waals surface area contributed by atoms with Crippen LogP contribution in [-0.4, -0.2) is 65.8 Å². The molecular formula is C31H30N6O4S3. The summed E-state index contributed by atoms with van der Waals surface area (Å²) in [6.45, 7) is 6.23. The van der Waals surface area contributed by atoms with E-state index in [9.17, 15) is 9.90 Å². The maximum absolute atomic E-state index is 13.3. The lowest BCUT2D eigenvalue weighted by Gasteiger charge is -2.41. The van der Waals surface area contributed by atoms with Crippen molar-refractivity contribution in [3.05, 3.63) is 64.2 Å². The number of aliphatic hydroxyl groups excluding tert-OH is 1. The molecule has 0 unspecified atom stereocenters. The number of imidazole rings is 1. The van der Waals surface area contributed by atoms with Crippen LogP contribution in [0.25, 0.3) is 36.5 Å². The van der Waals surface area contributed by atoms with Gasteiger partial charge in [0, 0.05) is 40.7 Å². The van der Waals surface area contributed by atoms with Crippen LogP contribution in [0.3, 0.4) is 0 Å². The highest BCUT2D eigenvalue weighted by atomic mass is 32.1. The van der Waals surface area contributed by atoms with E-state index in [4.69, 9.17) is 24.4 Å². The zero-order chi connectivity index (χ0) is 30.5. The minimum absolute atomic E-state index is 0.00513. The Kier molecular flexibility index (Phi) is 7.57. The number of thiazole rings is 2. The summed E-state index contributed by atoms with van der Waals surface area (Å²) in [7, 11) is 1.62. The number of benzene rings is 2. The molecule has 44 heavy (non-hydrogen) atoms. The summed E-state index contributed by atoms with van der Waals surface area (Å²) in [5.41, 5.74) is 3.92. The molecule has 2 aromatic carbocycles. The molecule has 1 N–H and O–H groups in total. The summed E-state index contributed by atoms with van der Waals surface area (Å²) >= 11 is 4.59. The van der Waals surface area contributed by atoms with Crippen LogP contribution < -0.4 is 9.47 Å². The molecule has 6 aromatic rings. The number of ether oxygens (including phenoxy) is 2. The number of carbonyl (C=O) groups excluding carboxylic acids is 1. The number of nitrogens with zero attached hydrogens (tertiary/aromatic N) is 6. The van der Waals surface area contributed by atoms with E-state index in [0.29, 0.717) is 29.9 Å². The highest BCUT2D eigenvalue weighted by molar-refractivity contribution is 7.22. The van der Waals surface area contributed by atoms with Crippen molar-refractivity contribution >= 4 is 55.1 Å². The Bertz CT molecular complexity index is 1930. The fraction of sp³-hybridized carbons (Fsp3) is 0.323. The van der Waals surface area contributed by atoms with Gasteiger partial charge in [0.05, 0.1) is 35.3 Å². The number of methoxy groups -OCH3 is 1. The van der Waals surface area contributed by atoms with Gasteiger partial charge in [-0.15, -0.1) is 22.7 Å². The van der Waals surface area contributed by atoms with Crippen LogP contribution in [0.1, 0.15) is 47.7 Å². The summed E-state index contributed by atoms with van der Waals surface area (Å²) in [4.78, 5) is 30.3. The van der Waals surface area contributed by atoms with Crippen molar-refractivity contribution in [3.8, 4) is 32.8 Å². The number of piperidine rings is 1. The van der Waals surface area contributed by atoms with Gasteiger partial charge >= 0.3 is 0 Å². The molecule has 1 saturated heterocycles. The first-order valence-electron chi connectivity index (χ1n) is 14.3. The molecule has 3 atom stereocenters. The molecule has 226 valence electrons. The molecular weight excluding hydrogens is 617 g/mol. The molecule has 0 saturated carbocycles. The molecule has 0 radical (unpaired) electrons. The predicted molar refractivity (Wildman–Crippen MR) is 173 cm³/mol. The van der Waals surface area contributed by atoms with Crippen LogP contribution >= 0.6 is 34.0 Å². The Morgan fingerprint density at radius 2 is 1.82 bits per heavy atom. The first-order valence-corrected chi connectivity index (χ1v) is 16.8. The fourth-order valence-corrected chi connectivity index (χ4v) is 8.22. The number of likely N-dealkylation sites (tertiary alicyclic amines) is 1. The minimum Gasteiger partial charge on any atom is -0.497 e. The third kappa shape index (κ3) is 5.45. The molecule has 0 aliphatic carbocycles. The molecule has 10 nitrogen and oxygen atoms in total. The average molecular weight is 647 g/mol. The number of aryl methyl sites for hydroxylation is 1. The Morgan fingerprint density at radius 1 is 1.05 bits per heavy atom. The Morgan fingerprint density at radius 3 is 2.55 bits per heavy atom. The first kappa shape index (κ1) is 28.8. The Labute approximate surface area is 265 Å². The van der Waals surface area contributed by atoms with E-state index in [1.165, 1.54) is 22.7 Å². The normalized spacial score (nSPS) is 18.8. The van der Waals surface area contributed by atoms with Crippen LogP contribution in [0.4, 0.5) is 0 Å². The number of aliphatic hydroxyl groups is 1. The van der Waals surface area contributed by atoms with E-state index < -0.39 is 0 Å². The molecule has 0 bridgehead atoms. The number of hydrogen-bond acceptors (Lipinski definition) is 11. The summed E-state index contributed by atoms with van der Waals surface area (Å²) < 4.78 is 14.5. The predicted octanol–water partition coefficient (Wildman–Crippen LogP) is 6.46. The van der Waals surface area contributed by atoms with Crippen molar-refractivity contribution in [2.24, 2.45) is 0 Å². The van der Waals surface area contributed by atoms with Gasteiger partial charge in [-0.25, -0.2) is 19.5 Å². The Balaban J connectivity index is 1.07. The maximum Gasteiger partial charge on any atom is 0.254 e. The molecule has 4 aromatic heterocycles. The van der Waals surface area contributed by atoms with Crippen LogP contribution in [0.2, 0.25) is 0 Å². The lowest BCUT2D eigenvalue weighted by molar-refractivity contribution is 0.0144. The van der Waals surface area contributed by atoms with Crippen LogP contribution in [0.15, 0.2) is 48.0 Å². The molecule has 0 spiro atoms. The highest BCUT2D eigenvalue weighted by Crippen LogP contribution is 2.39. The van der Waals surface area contributed by atoms with Gasteiger partial charge < -0.3 is 19.5 Å². The fourth-order valence-electron chi connectivity index (χ4n) is 5.72. The van der Waals surface area contributed by atoms with Crippen molar-refractivity contribution in [2.45, 2.75) is 58.4 Å². The van der Waals surface area contributed by atoms with Crippen LogP contribution in [0.5, 0.6) is 11.5 Å². The molecule has 1 aliphatic heterocycles. The van der Waals surface area contributed by atoms with Crippen molar-refractivity contribution in [3.63, 3.8) is 0 Å². The Hall–Kier alpha value is -3.91. The lowest BCUT2D eigenvalue weighted by atomic mass is 9.94. The van der Waals surface area contributed by atoms with E-state index in [2.05, 4.69) is 5.10 Å². The van der Waals surface area contributed by atoms with E-state index in [1.807, 2.05) is 73.6 Å². The third-order valence-corrected chi connectivity index (χ3v) is 10.6. The van der Waals surface area contributed by atoms with Crippen LogP contribution in [0, 0.1) is 6.92 Å². The lowest BCUT2D eigenvalue weighted by Crippen LogP contribution is -2.51. The second-order valence-corrected chi connectivity index (χ2v) is 14.0. The van der Waals surface area contributed by atoms with E-state index in [0.717, 1.165) is 47.2 Å². The molecule has 13 heteroatoms. The van der Waals surface area contributed by atoms with Gasteiger partial charge in [0.15, 0.2) is 0 Å². The van der Waals surface area contributed by atoms with Crippen LogP contribution in [-0.2, 0) is 6.61 Å². The standard InChI is InChI=1S/C31H30N6O4S3/c1-16-9-22(38)10-17(2)37(16)30(39)20-7-5-19(6-8-20)28-32-21(15-42-28)14-41-26-12-23(40-4)11-24-27(26)44-29(33-24)25-13-36-31(34-25)43-18(3)35-36/h5-8,11-13,15-17,22,38H,9-10,14H2,1-4H3/t16-,17+,22+. The summed E-state index contributed by atoms with van der Waals surface area (Å²) in [6, 6.07) is 11.3. The van der Waals surface area contributed by atoms with E-state index >= 15 is 0 Å². The maximum atomic E-state index is 13.3. The average Bonchev–Trinajstić information content (AvgIpc) is 3.78. The smallest absolute Gasteiger partial charge is 0.254 e. The van der Waals surface area contributed by atoms with Gasteiger partial charge in [0.25, 0.3) is 5.91 Å². The molecule has 1 amide bonds. The first-order chi connectivity index (χ1) is 21.2. The molecule has 1 aliphatic rings. The van der Waals surface area contributed by atoms with E-state index in [-0.39, 0.29) is 30.7 Å². The highest BCUT2D eigenvalue weighted by Gasteiger charge is 2.33. The van der Waals surface area contributed by atoms with Crippen molar-refractivity contribution in [1.82, 2.24) is 29.5 Å². The van der Waals surface area contributed by atoms with E-state index in [1.54, 1.807) is 23.0 Å². The second-order valence-electron chi connectivity index (χ2n) is 11.0. The topological polar surface area (TPSA) is 115 Å². The van der Waals surface area contributed by atoms with Gasteiger partial charge in [-0.2, -0.15) is 5.10 Å². The molecule has 5 heterocycles. The number of rotatable bonds is 7. The molecule has 1 fully saturated rings. The van der Waals surface area contributed by atoms with Crippen molar-refractivity contribution < 1.29 is 19.4 Å². The van der Waals surface area contributed by atoms with Crippen molar-refractivity contribution in [1.29, 1.82) is 0 Å². The number of carbonyl (C=O) groups is 1. The number of aromatic nitrogens is 5. The van der Waals surface area contributed by atoms with Gasteiger partial charge in [0.2, 0.25) is 4.96 Å². The monoisotopic (exact) mass is 646 g/mol. The number of amides is 1. The zero-order valence-electron chi connectivity index (χ0n) is 24.6. The minimum atomic E-state index is -0.356. The SMILES string of the molecule is COc1cc(OCc2csc(-c3ccc(C(=O)N4[C@H](C)C[C@H](O)C[C@@H]4C)cc3)n2)c2sc(-c3cn4nc(C)sc4n3)nc2c1. The molecule has 7 rings (SSSR count). The quantitative estimate of drug-likeness (QED) is 0.210.